The van der Waals surface area contributed by atoms with Gasteiger partial charge in [-0.15, -0.1) is 0 Å². The van der Waals surface area contributed by atoms with Crippen molar-refractivity contribution >= 4 is 21.4 Å². The largest absolute Gasteiger partial charge is 0.398 e. The zero-order chi connectivity index (χ0) is 15.2. The van der Waals surface area contributed by atoms with Gasteiger partial charge in [0.25, 0.3) is 0 Å². The van der Waals surface area contributed by atoms with Crippen LogP contribution in [0.5, 0.6) is 0 Å². The number of nitrogens with two attached hydrogens (primary N) is 2. The molecule has 1 unspecified atom stereocenters. The minimum absolute atomic E-state index is 0.0662. The predicted molar refractivity (Wildman–Crippen MR) is 80.8 cm³/mol. The van der Waals surface area contributed by atoms with E-state index in [1.54, 1.807) is 12.1 Å². The summed E-state index contributed by atoms with van der Waals surface area (Å²) in [4.78, 5) is -0.0662. The van der Waals surface area contributed by atoms with Crippen molar-refractivity contribution in [2.45, 2.75) is 31.1 Å². The number of benzene rings is 1. The van der Waals surface area contributed by atoms with Gasteiger partial charge in [0.1, 0.15) is 4.90 Å². The molecule has 7 heteroatoms. The standard InChI is InChI=1S/C13H23N3O3S/c1-2-3-10(6-7-17)9-16-11-4-5-13(12(14)8-11)20(15,18)19/h4-5,8,10,16-17H,2-3,6-7,9,14H2,1H3,(H2,15,18,19). The van der Waals surface area contributed by atoms with Crippen molar-refractivity contribution in [3.05, 3.63) is 18.2 Å². The monoisotopic (exact) mass is 301 g/mol. The van der Waals surface area contributed by atoms with E-state index in [2.05, 4.69) is 12.2 Å². The van der Waals surface area contributed by atoms with Crippen molar-refractivity contribution in [3.8, 4) is 0 Å². The Bertz CT molecular complexity index is 526. The fourth-order valence-electron chi connectivity index (χ4n) is 2.12. The number of aliphatic hydroxyl groups excluding tert-OH is 1. The molecule has 1 aromatic rings. The lowest BCUT2D eigenvalue weighted by Gasteiger charge is -2.17. The maximum atomic E-state index is 11.3. The molecule has 114 valence electrons. The lowest BCUT2D eigenvalue weighted by molar-refractivity contribution is 0.255. The van der Waals surface area contributed by atoms with E-state index < -0.39 is 10.0 Å². The molecule has 0 fully saturated rings. The number of aliphatic hydroxyl groups is 1. The third kappa shape index (κ3) is 4.99. The van der Waals surface area contributed by atoms with E-state index in [4.69, 9.17) is 16.0 Å². The third-order valence-electron chi connectivity index (χ3n) is 3.15. The molecule has 0 saturated heterocycles. The first kappa shape index (κ1) is 16.7. The normalized spacial score (nSPS) is 13.2. The minimum Gasteiger partial charge on any atom is -0.398 e. The van der Waals surface area contributed by atoms with Gasteiger partial charge in [-0.2, -0.15) is 0 Å². The summed E-state index contributed by atoms with van der Waals surface area (Å²) < 4.78 is 22.5. The molecule has 1 rings (SSSR count). The lowest BCUT2D eigenvalue weighted by Crippen LogP contribution is -2.17. The molecule has 0 radical (unpaired) electrons. The van der Waals surface area contributed by atoms with Gasteiger partial charge in [-0.05, 0) is 37.0 Å². The van der Waals surface area contributed by atoms with Gasteiger partial charge in [0, 0.05) is 18.8 Å². The Morgan fingerprint density at radius 2 is 2.05 bits per heavy atom. The van der Waals surface area contributed by atoms with Crippen LogP contribution in [0, 0.1) is 5.92 Å². The first-order valence-electron chi connectivity index (χ1n) is 6.65. The van der Waals surface area contributed by atoms with Gasteiger partial charge in [-0.3, -0.25) is 0 Å². The van der Waals surface area contributed by atoms with Crippen LogP contribution in [0.3, 0.4) is 0 Å². The summed E-state index contributed by atoms with van der Waals surface area (Å²) in [6.07, 6.45) is 2.82. The molecular weight excluding hydrogens is 278 g/mol. The van der Waals surface area contributed by atoms with Crippen molar-refractivity contribution in [1.29, 1.82) is 0 Å². The van der Waals surface area contributed by atoms with Crippen LogP contribution in [0.1, 0.15) is 26.2 Å². The number of anilines is 2. The molecule has 20 heavy (non-hydrogen) atoms. The molecule has 0 bridgehead atoms. The van der Waals surface area contributed by atoms with Gasteiger partial charge >= 0.3 is 0 Å². The Kier molecular flexibility index (Phi) is 6.25. The Labute approximate surface area is 120 Å². The number of hydrogen-bond acceptors (Lipinski definition) is 5. The summed E-state index contributed by atoms with van der Waals surface area (Å²) in [5.41, 5.74) is 6.57. The first-order chi connectivity index (χ1) is 9.38. The highest BCUT2D eigenvalue weighted by Crippen LogP contribution is 2.22. The molecule has 6 nitrogen and oxygen atoms in total. The topological polar surface area (TPSA) is 118 Å². The summed E-state index contributed by atoms with van der Waals surface area (Å²) in [5.74, 6) is 0.379. The molecule has 0 heterocycles. The Hall–Kier alpha value is -1.31. The summed E-state index contributed by atoms with van der Waals surface area (Å²) >= 11 is 0. The second-order valence-corrected chi connectivity index (χ2v) is 6.38. The van der Waals surface area contributed by atoms with Crippen molar-refractivity contribution in [3.63, 3.8) is 0 Å². The highest BCUT2D eigenvalue weighted by molar-refractivity contribution is 7.89. The first-order valence-corrected chi connectivity index (χ1v) is 8.20. The van der Waals surface area contributed by atoms with Crippen LogP contribution in [0.15, 0.2) is 23.1 Å². The van der Waals surface area contributed by atoms with E-state index in [1.807, 2.05) is 0 Å². The summed E-state index contributed by atoms with van der Waals surface area (Å²) in [5, 5.41) is 17.3. The van der Waals surface area contributed by atoms with Gasteiger partial charge in [-0.25, -0.2) is 13.6 Å². The molecule has 6 N–H and O–H groups in total. The average molecular weight is 301 g/mol. The average Bonchev–Trinajstić information content (AvgIpc) is 2.35. The van der Waals surface area contributed by atoms with Crippen LogP contribution in [-0.2, 0) is 10.0 Å². The van der Waals surface area contributed by atoms with Gasteiger partial charge in [-0.1, -0.05) is 13.3 Å². The number of hydrogen-bond donors (Lipinski definition) is 4. The van der Waals surface area contributed by atoms with Crippen molar-refractivity contribution in [2.24, 2.45) is 11.1 Å². The Morgan fingerprint density at radius 1 is 1.35 bits per heavy atom. The summed E-state index contributed by atoms with van der Waals surface area (Å²) in [6, 6.07) is 4.59. The summed E-state index contributed by atoms with van der Waals surface area (Å²) in [6.45, 7) is 2.98. The zero-order valence-electron chi connectivity index (χ0n) is 11.7. The van der Waals surface area contributed by atoms with E-state index in [9.17, 15) is 8.42 Å². The number of nitrogen functional groups attached to an aromatic ring is 1. The van der Waals surface area contributed by atoms with Crippen molar-refractivity contribution in [2.75, 3.05) is 24.2 Å². The zero-order valence-corrected chi connectivity index (χ0v) is 12.5. The van der Waals surface area contributed by atoms with Crippen LogP contribution < -0.4 is 16.2 Å². The molecular formula is C13H23N3O3S. The van der Waals surface area contributed by atoms with E-state index >= 15 is 0 Å². The van der Waals surface area contributed by atoms with Crippen LogP contribution in [0.2, 0.25) is 0 Å². The van der Waals surface area contributed by atoms with Gasteiger partial charge in [0.05, 0.1) is 5.69 Å². The van der Waals surface area contributed by atoms with E-state index in [0.29, 0.717) is 12.5 Å². The van der Waals surface area contributed by atoms with Crippen LogP contribution in [0.25, 0.3) is 0 Å². The van der Waals surface area contributed by atoms with E-state index in [0.717, 1.165) is 24.9 Å². The van der Waals surface area contributed by atoms with Crippen LogP contribution in [-0.4, -0.2) is 26.7 Å². The highest BCUT2D eigenvalue weighted by Gasteiger charge is 2.13. The van der Waals surface area contributed by atoms with Crippen LogP contribution in [0.4, 0.5) is 11.4 Å². The quantitative estimate of drug-likeness (QED) is 0.537. The molecule has 0 aliphatic rings. The van der Waals surface area contributed by atoms with Crippen molar-refractivity contribution < 1.29 is 13.5 Å². The number of rotatable bonds is 8. The smallest absolute Gasteiger partial charge is 0.240 e. The maximum absolute atomic E-state index is 11.3. The molecule has 1 aromatic carbocycles. The van der Waals surface area contributed by atoms with Gasteiger partial charge < -0.3 is 16.2 Å². The van der Waals surface area contributed by atoms with E-state index in [-0.39, 0.29) is 17.2 Å². The molecule has 0 aromatic heterocycles. The predicted octanol–water partition coefficient (Wildman–Crippen LogP) is 1.13. The number of nitrogens with one attached hydrogen (secondary N) is 1. The maximum Gasteiger partial charge on any atom is 0.240 e. The molecule has 0 spiro atoms. The van der Waals surface area contributed by atoms with Crippen LogP contribution >= 0.6 is 0 Å². The Morgan fingerprint density at radius 3 is 2.55 bits per heavy atom. The van der Waals surface area contributed by atoms with Gasteiger partial charge in [0.15, 0.2) is 0 Å². The molecule has 0 aliphatic heterocycles. The fraction of sp³-hybridized carbons (Fsp3) is 0.538. The number of primary sulfonamides is 1. The highest BCUT2D eigenvalue weighted by atomic mass is 32.2. The second kappa shape index (κ2) is 7.47. The summed E-state index contributed by atoms with van der Waals surface area (Å²) in [7, 11) is -3.78. The second-order valence-electron chi connectivity index (χ2n) is 4.85. The SMILES string of the molecule is CCCC(CCO)CNc1ccc(S(N)(=O)=O)c(N)c1. The van der Waals surface area contributed by atoms with Crippen molar-refractivity contribution in [1.82, 2.24) is 0 Å². The fourth-order valence-corrected chi connectivity index (χ4v) is 2.76. The van der Waals surface area contributed by atoms with E-state index in [1.165, 1.54) is 6.07 Å². The molecule has 1 atom stereocenters. The third-order valence-corrected chi connectivity index (χ3v) is 4.13. The lowest BCUT2D eigenvalue weighted by atomic mass is 10.0. The van der Waals surface area contributed by atoms with Gasteiger partial charge in [0.2, 0.25) is 10.0 Å². The number of sulfonamides is 1. The minimum atomic E-state index is -3.78. The molecule has 0 aliphatic carbocycles. The molecule has 0 saturated carbocycles. The Balaban J connectivity index is 2.72. The molecule has 0 amide bonds.